The second-order valence-electron chi connectivity index (χ2n) is 6.81. The molecule has 0 aromatic carbocycles. The molecule has 8 heteroatoms. The summed E-state index contributed by atoms with van der Waals surface area (Å²) >= 11 is 1.31. The number of nitrogens with one attached hydrogen (secondary N) is 1. The number of pyridine rings is 1. The van der Waals surface area contributed by atoms with Crippen LogP contribution >= 0.6 is 11.8 Å². The maximum absolute atomic E-state index is 12.8. The van der Waals surface area contributed by atoms with Crippen LogP contribution in [0.1, 0.15) is 52.4 Å². The zero-order chi connectivity index (χ0) is 19.2. The van der Waals surface area contributed by atoms with Gasteiger partial charge >= 0.3 is 0 Å². The molecular formula is C18H29N3O3S2. The molecular weight excluding hydrogens is 370 g/mol. The molecule has 1 aliphatic carbocycles. The Bertz CT molecular complexity index is 686. The van der Waals surface area contributed by atoms with Gasteiger partial charge in [0.15, 0.2) is 0 Å². The fourth-order valence-electron chi connectivity index (χ4n) is 2.97. The predicted molar refractivity (Wildman–Crippen MR) is 105 cm³/mol. The Morgan fingerprint density at radius 2 is 2.04 bits per heavy atom. The molecule has 1 saturated carbocycles. The molecule has 0 aliphatic heterocycles. The quantitative estimate of drug-likeness (QED) is 0.680. The van der Waals surface area contributed by atoms with Gasteiger partial charge in [-0.15, -0.1) is 0 Å². The third-order valence-electron chi connectivity index (χ3n) is 4.85. The van der Waals surface area contributed by atoms with E-state index in [1.54, 1.807) is 19.2 Å². The summed E-state index contributed by atoms with van der Waals surface area (Å²) in [4.78, 5) is 16.2. The molecule has 1 aromatic rings. The number of sulfonamides is 1. The molecule has 26 heavy (non-hydrogen) atoms. The Balaban J connectivity index is 1.96. The summed E-state index contributed by atoms with van der Waals surface area (Å²) in [5, 5.41) is 3.54. The van der Waals surface area contributed by atoms with E-state index in [0.717, 1.165) is 32.1 Å². The monoisotopic (exact) mass is 399 g/mol. The van der Waals surface area contributed by atoms with Gasteiger partial charge in [-0.1, -0.05) is 37.9 Å². The van der Waals surface area contributed by atoms with Gasteiger partial charge in [-0.3, -0.25) is 4.79 Å². The van der Waals surface area contributed by atoms with Crippen LogP contribution in [0.5, 0.6) is 0 Å². The molecule has 1 aromatic heterocycles. The van der Waals surface area contributed by atoms with E-state index in [-0.39, 0.29) is 28.6 Å². The highest BCUT2D eigenvalue weighted by Crippen LogP contribution is 2.26. The van der Waals surface area contributed by atoms with Crippen LogP contribution in [-0.2, 0) is 14.8 Å². The number of aromatic nitrogens is 1. The average molecular weight is 400 g/mol. The Kier molecular flexibility index (Phi) is 7.91. The predicted octanol–water partition coefficient (Wildman–Crippen LogP) is 3.04. The van der Waals surface area contributed by atoms with Crippen molar-refractivity contribution >= 4 is 27.7 Å². The molecule has 146 valence electrons. The molecule has 0 unspecified atom stereocenters. The lowest BCUT2D eigenvalue weighted by atomic mass is 9.96. The van der Waals surface area contributed by atoms with Crippen LogP contribution in [0, 0.1) is 0 Å². The molecule has 1 heterocycles. The van der Waals surface area contributed by atoms with Crippen LogP contribution in [0.25, 0.3) is 0 Å². The molecule has 1 N–H and O–H groups in total. The first-order valence-corrected chi connectivity index (χ1v) is 11.6. The van der Waals surface area contributed by atoms with E-state index in [4.69, 9.17) is 0 Å². The van der Waals surface area contributed by atoms with Crippen LogP contribution < -0.4 is 5.32 Å². The van der Waals surface area contributed by atoms with Gasteiger partial charge in [0.05, 0.1) is 10.8 Å². The molecule has 0 radical (unpaired) electrons. The molecule has 0 bridgehead atoms. The van der Waals surface area contributed by atoms with E-state index >= 15 is 0 Å². The SMILES string of the molecule is CC[C@@H](C)NC(=O)CSc1ccc(S(=O)(=O)N(C)C2CCCCC2)cn1. The maximum atomic E-state index is 12.8. The van der Waals surface area contributed by atoms with Crippen LogP contribution in [0.4, 0.5) is 0 Å². The Hall–Kier alpha value is -1.12. The van der Waals surface area contributed by atoms with Crippen molar-refractivity contribution in [2.75, 3.05) is 12.8 Å². The number of hydrogen-bond acceptors (Lipinski definition) is 5. The van der Waals surface area contributed by atoms with Crippen molar-refractivity contribution in [3.05, 3.63) is 18.3 Å². The van der Waals surface area contributed by atoms with E-state index < -0.39 is 10.0 Å². The third-order valence-corrected chi connectivity index (χ3v) is 7.68. The lowest BCUT2D eigenvalue weighted by Crippen LogP contribution is -2.38. The average Bonchev–Trinajstić information content (AvgIpc) is 2.66. The fraction of sp³-hybridized carbons (Fsp3) is 0.667. The summed E-state index contributed by atoms with van der Waals surface area (Å²) in [6.45, 7) is 3.98. The molecule has 1 atom stereocenters. The first kappa shape index (κ1) is 21.2. The van der Waals surface area contributed by atoms with Crippen LogP contribution in [0.2, 0.25) is 0 Å². The van der Waals surface area contributed by atoms with Gasteiger partial charge in [0.25, 0.3) is 0 Å². The summed E-state index contributed by atoms with van der Waals surface area (Å²) < 4.78 is 27.1. The normalized spacial score (nSPS) is 17.2. The summed E-state index contributed by atoms with van der Waals surface area (Å²) in [6, 6.07) is 3.48. The summed E-state index contributed by atoms with van der Waals surface area (Å²) in [6.07, 6.45) is 7.46. The van der Waals surface area contributed by atoms with Crippen molar-refractivity contribution in [3.63, 3.8) is 0 Å². The highest BCUT2D eigenvalue weighted by atomic mass is 32.2. The van der Waals surface area contributed by atoms with Crippen LogP contribution in [0.15, 0.2) is 28.3 Å². The molecule has 1 amide bonds. The highest BCUT2D eigenvalue weighted by Gasteiger charge is 2.29. The maximum Gasteiger partial charge on any atom is 0.244 e. The molecule has 2 rings (SSSR count). The number of carbonyl (C=O) groups excluding carboxylic acids is 1. The van der Waals surface area contributed by atoms with Crippen molar-refractivity contribution < 1.29 is 13.2 Å². The minimum atomic E-state index is -3.52. The van der Waals surface area contributed by atoms with Crippen molar-refractivity contribution in [2.45, 2.75) is 74.4 Å². The van der Waals surface area contributed by atoms with Gasteiger partial charge in [-0.05, 0) is 38.3 Å². The number of nitrogens with zero attached hydrogens (tertiary/aromatic N) is 2. The number of amides is 1. The van der Waals surface area contributed by atoms with E-state index in [1.165, 1.54) is 28.7 Å². The number of hydrogen-bond donors (Lipinski definition) is 1. The minimum absolute atomic E-state index is 0.0418. The zero-order valence-electron chi connectivity index (χ0n) is 15.8. The Morgan fingerprint density at radius 3 is 2.62 bits per heavy atom. The van der Waals surface area contributed by atoms with Crippen LogP contribution in [0.3, 0.4) is 0 Å². The number of carbonyl (C=O) groups is 1. The van der Waals surface area contributed by atoms with Gasteiger partial charge in [0.2, 0.25) is 15.9 Å². The van der Waals surface area contributed by atoms with Crippen molar-refractivity contribution in [1.29, 1.82) is 0 Å². The van der Waals surface area contributed by atoms with E-state index in [0.29, 0.717) is 5.03 Å². The van der Waals surface area contributed by atoms with E-state index in [9.17, 15) is 13.2 Å². The molecule has 1 aliphatic rings. The standard InChI is InChI=1S/C18H29N3O3S2/c1-4-14(2)20-17(22)13-25-18-11-10-16(12-19-18)26(23,24)21(3)15-8-6-5-7-9-15/h10-12,14-15H,4-9,13H2,1-3H3,(H,20,22)/t14-/m1/s1. The summed E-state index contributed by atoms with van der Waals surface area (Å²) in [7, 11) is -1.86. The van der Waals surface area contributed by atoms with Crippen molar-refractivity contribution in [1.82, 2.24) is 14.6 Å². The zero-order valence-corrected chi connectivity index (χ0v) is 17.4. The van der Waals surface area contributed by atoms with Gasteiger partial charge < -0.3 is 5.32 Å². The largest absolute Gasteiger partial charge is 0.353 e. The van der Waals surface area contributed by atoms with Crippen LogP contribution in [-0.4, -0.2) is 48.5 Å². The van der Waals surface area contributed by atoms with Gasteiger partial charge in [-0.2, -0.15) is 4.31 Å². The molecule has 1 fully saturated rings. The lowest BCUT2D eigenvalue weighted by molar-refractivity contribution is -0.119. The van der Waals surface area contributed by atoms with Crippen molar-refractivity contribution in [2.24, 2.45) is 0 Å². The second kappa shape index (κ2) is 9.71. The van der Waals surface area contributed by atoms with Gasteiger partial charge in [0, 0.05) is 25.3 Å². The second-order valence-corrected chi connectivity index (χ2v) is 9.80. The summed E-state index contributed by atoms with van der Waals surface area (Å²) in [5.41, 5.74) is 0. The summed E-state index contributed by atoms with van der Waals surface area (Å²) in [5.74, 6) is 0.227. The molecule has 6 nitrogen and oxygen atoms in total. The van der Waals surface area contributed by atoms with Gasteiger partial charge in [0.1, 0.15) is 4.90 Å². The van der Waals surface area contributed by atoms with Gasteiger partial charge in [-0.25, -0.2) is 13.4 Å². The Morgan fingerprint density at radius 1 is 1.35 bits per heavy atom. The molecule has 0 spiro atoms. The molecule has 0 saturated heterocycles. The van der Waals surface area contributed by atoms with Crippen molar-refractivity contribution in [3.8, 4) is 0 Å². The topological polar surface area (TPSA) is 79.4 Å². The third kappa shape index (κ3) is 5.69. The minimum Gasteiger partial charge on any atom is -0.353 e. The van der Waals surface area contributed by atoms with E-state index in [1.807, 2.05) is 13.8 Å². The Labute approximate surface area is 161 Å². The lowest BCUT2D eigenvalue weighted by Gasteiger charge is -2.30. The highest BCUT2D eigenvalue weighted by molar-refractivity contribution is 7.99. The first-order valence-electron chi connectivity index (χ1n) is 9.20. The smallest absolute Gasteiger partial charge is 0.244 e. The number of rotatable bonds is 8. The first-order chi connectivity index (χ1) is 12.3. The van der Waals surface area contributed by atoms with E-state index in [2.05, 4.69) is 10.3 Å². The number of thioether (sulfide) groups is 1. The fourth-order valence-corrected chi connectivity index (χ4v) is 4.99.